The summed E-state index contributed by atoms with van der Waals surface area (Å²) in [5.41, 5.74) is 1.04. The molecule has 4 nitrogen and oxygen atoms in total. The predicted octanol–water partition coefficient (Wildman–Crippen LogP) is 4.17. The van der Waals surface area contributed by atoms with Crippen LogP contribution in [0.15, 0.2) is 48.5 Å². The van der Waals surface area contributed by atoms with Crippen molar-refractivity contribution in [1.29, 1.82) is 0 Å². The number of para-hydroxylation sites is 1. The Morgan fingerprint density at radius 1 is 0.808 bits per heavy atom. The van der Waals surface area contributed by atoms with E-state index >= 15 is 0 Å². The maximum atomic E-state index is 12.6. The van der Waals surface area contributed by atoms with Crippen molar-refractivity contribution in [2.45, 2.75) is 39.3 Å². The van der Waals surface area contributed by atoms with Gasteiger partial charge in [0.25, 0.3) is 0 Å². The first-order valence-electron chi connectivity index (χ1n) is 8.71. The summed E-state index contributed by atoms with van der Waals surface area (Å²) >= 11 is 0. The van der Waals surface area contributed by atoms with Crippen LogP contribution in [-0.4, -0.2) is 28.2 Å². The second kappa shape index (κ2) is 7.59. The average Bonchev–Trinajstić information content (AvgIpc) is 2.53. The molecule has 0 saturated carbocycles. The highest BCUT2D eigenvalue weighted by Gasteiger charge is 2.25. The summed E-state index contributed by atoms with van der Waals surface area (Å²) in [5, 5.41) is 4.97. The van der Waals surface area contributed by atoms with Gasteiger partial charge >= 0.3 is 12.1 Å². The molecule has 2 rings (SSSR count). The number of benzene rings is 2. The van der Waals surface area contributed by atoms with Crippen LogP contribution in [0.2, 0.25) is 39.3 Å². The third-order valence-corrected chi connectivity index (χ3v) is 8.15. The quantitative estimate of drug-likeness (QED) is 0.488. The number of carbonyl (C=O) groups is 2. The van der Waals surface area contributed by atoms with Crippen molar-refractivity contribution in [3.63, 3.8) is 0 Å². The lowest BCUT2D eigenvalue weighted by Crippen LogP contribution is -2.45. The monoisotopic (exact) mass is 385 g/mol. The number of amides is 1. The molecule has 0 heterocycles. The van der Waals surface area contributed by atoms with E-state index in [0.29, 0.717) is 11.3 Å². The Morgan fingerprint density at radius 3 is 1.77 bits per heavy atom. The minimum Gasteiger partial charge on any atom is -0.372 e. The van der Waals surface area contributed by atoms with Crippen molar-refractivity contribution in [2.75, 3.05) is 5.32 Å². The molecule has 0 aliphatic rings. The molecule has 2 aromatic rings. The van der Waals surface area contributed by atoms with Crippen molar-refractivity contribution in [1.82, 2.24) is 0 Å². The molecule has 0 saturated heterocycles. The molecule has 0 aromatic heterocycles. The highest BCUT2D eigenvalue weighted by atomic mass is 28.3. The Morgan fingerprint density at radius 2 is 1.31 bits per heavy atom. The van der Waals surface area contributed by atoms with Crippen molar-refractivity contribution in [3.8, 4) is 0 Å². The van der Waals surface area contributed by atoms with Gasteiger partial charge in [0.15, 0.2) is 0 Å². The standard InChI is InChI=1S/C20H27NO3Si2/c1-25(2,3)17-12-15(13-18(14-17)26(4,5)6)19(22)24-20(23)21-16-10-8-7-9-11-16/h7-14H,1-6H3,(H,21,23). The Balaban J connectivity index is 2.26. The number of anilines is 1. The van der Waals surface area contributed by atoms with Crippen LogP contribution in [0.5, 0.6) is 0 Å². The van der Waals surface area contributed by atoms with Gasteiger partial charge in [-0.2, -0.15) is 0 Å². The summed E-state index contributed by atoms with van der Waals surface area (Å²) in [6.07, 6.45) is -0.769. The lowest BCUT2D eigenvalue weighted by atomic mass is 10.2. The van der Waals surface area contributed by atoms with E-state index in [-0.39, 0.29) is 0 Å². The van der Waals surface area contributed by atoms with E-state index in [4.69, 9.17) is 4.74 Å². The first-order chi connectivity index (χ1) is 12.0. The molecule has 0 bridgehead atoms. The SMILES string of the molecule is C[Si](C)(C)c1cc(C(=O)OC(=O)Nc2ccccc2)cc([Si](C)(C)C)c1. The summed E-state index contributed by atoms with van der Waals surface area (Å²) in [5.74, 6) is -0.613. The molecule has 0 aliphatic heterocycles. The highest BCUT2D eigenvalue weighted by molar-refractivity contribution is 6.91. The van der Waals surface area contributed by atoms with Crippen LogP contribution in [0.4, 0.5) is 10.5 Å². The molecular formula is C20H27NO3Si2. The number of hydrogen-bond donors (Lipinski definition) is 1. The third-order valence-electron chi connectivity index (χ3n) is 4.11. The van der Waals surface area contributed by atoms with Crippen LogP contribution in [0, 0.1) is 0 Å². The lowest BCUT2D eigenvalue weighted by Gasteiger charge is -2.23. The number of hydrogen-bond acceptors (Lipinski definition) is 3. The van der Waals surface area contributed by atoms with Crippen molar-refractivity contribution in [3.05, 3.63) is 54.1 Å². The minimum atomic E-state index is -1.61. The van der Waals surface area contributed by atoms with Crippen molar-refractivity contribution in [2.24, 2.45) is 0 Å². The Labute approximate surface area is 157 Å². The Bertz CT molecular complexity index is 774. The molecule has 1 N–H and O–H groups in total. The molecular weight excluding hydrogens is 358 g/mol. The van der Waals surface area contributed by atoms with E-state index < -0.39 is 28.2 Å². The van der Waals surface area contributed by atoms with E-state index in [0.717, 1.165) is 0 Å². The van der Waals surface area contributed by atoms with Crippen molar-refractivity contribution < 1.29 is 14.3 Å². The maximum absolute atomic E-state index is 12.6. The van der Waals surface area contributed by atoms with Crippen LogP contribution < -0.4 is 15.7 Å². The molecule has 0 unspecified atom stereocenters. The van der Waals surface area contributed by atoms with E-state index in [1.165, 1.54) is 10.4 Å². The van der Waals surface area contributed by atoms with Gasteiger partial charge in [0.05, 0.1) is 21.7 Å². The van der Waals surface area contributed by atoms with Crippen LogP contribution in [0.1, 0.15) is 10.4 Å². The summed E-state index contributed by atoms with van der Waals surface area (Å²) in [6.45, 7) is 13.5. The van der Waals surface area contributed by atoms with Gasteiger partial charge in [0.2, 0.25) is 0 Å². The zero-order valence-electron chi connectivity index (χ0n) is 16.3. The smallest absolute Gasteiger partial charge is 0.372 e. The molecule has 26 heavy (non-hydrogen) atoms. The van der Waals surface area contributed by atoms with Crippen LogP contribution in [0.3, 0.4) is 0 Å². The Kier molecular flexibility index (Phi) is 5.88. The van der Waals surface area contributed by atoms with Gasteiger partial charge in [0, 0.05) is 5.69 Å². The second-order valence-electron chi connectivity index (χ2n) is 8.47. The average molecular weight is 386 g/mol. The molecule has 1 amide bonds. The number of carbonyl (C=O) groups excluding carboxylic acids is 2. The van der Waals surface area contributed by atoms with Gasteiger partial charge in [-0.05, 0) is 24.3 Å². The lowest BCUT2D eigenvalue weighted by molar-refractivity contribution is 0.0645. The fourth-order valence-electron chi connectivity index (χ4n) is 2.42. The molecule has 0 fully saturated rings. The van der Waals surface area contributed by atoms with Gasteiger partial charge < -0.3 is 4.74 Å². The Hall–Kier alpha value is -2.19. The van der Waals surface area contributed by atoms with Gasteiger partial charge in [-0.1, -0.05) is 73.9 Å². The van der Waals surface area contributed by atoms with Crippen LogP contribution >= 0.6 is 0 Å². The predicted molar refractivity (Wildman–Crippen MR) is 113 cm³/mol. The number of rotatable bonds is 4. The number of nitrogens with one attached hydrogen (secondary N) is 1. The van der Waals surface area contributed by atoms with Gasteiger partial charge in [0.1, 0.15) is 0 Å². The molecule has 2 aromatic carbocycles. The maximum Gasteiger partial charge on any atom is 0.419 e. The molecule has 138 valence electrons. The molecule has 0 atom stereocenters. The summed E-state index contributed by atoms with van der Waals surface area (Å²) in [7, 11) is -3.22. The number of esters is 1. The van der Waals surface area contributed by atoms with E-state index in [2.05, 4.69) is 50.7 Å². The molecule has 0 spiro atoms. The largest absolute Gasteiger partial charge is 0.419 e. The summed E-state index contributed by atoms with van der Waals surface area (Å²) in [6, 6.07) is 14.9. The zero-order chi connectivity index (χ0) is 19.5. The van der Waals surface area contributed by atoms with Crippen LogP contribution in [0.25, 0.3) is 0 Å². The van der Waals surface area contributed by atoms with Crippen molar-refractivity contribution >= 4 is 44.3 Å². The first-order valence-corrected chi connectivity index (χ1v) is 15.7. The van der Waals surface area contributed by atoms with E-state index in [1.807, 2.05) is 18.2 Å². The zero-order valence-corrected chi connectivity index (χ0v) is 18.3. The summed E-state index contributed by atoms with van der Waals surface area (Å²) in [4.78, 5) is 24.6. The molecule has 0 aliphatic carbocycles. The summed E-state index contributed by atoms with van der Waals surface area (Å²) < 4.78 is 5.02. The minimum absolute atomic E-state index is 0.450. The van der Waals surface area contributed by atoms with E-state index in [1.54, 1.807) is 24.3 Å². The van der Waals surface area contributed by atoms with Gasteiger partial charge in [-0.15, -0.1) is 0 Å². The van der Waals surface area contributed by atoms with Crippen LogP contribution in [-0.2, 0) is 4.74 Å². The fraction of sp³-hybridized carbons (Fsp3) is 0.300. The highest BCUT2D eigenvalue weighted by Crippen LogP contribution is 2.11. The third kappa shape index (κ3) is 5.40. The molecule has 0 radical (unpaired) electrons. The van der Waals surface area contributed by atoms with E-state index in [9.17, 15) is 9.59 Å². The van der Waals surface area contributed by atoms with Gasteiger partial charge in [-0.3, -0.25) is 5.32 Å². The molecule has 6 heteroatoms. The van der Waals surface area contributed by atoms with Gasteiger partial charge in [-0.25, -0.2) is 9.59 Å². The normalized spacial score (nSPS) is 11.8. The first kappa shape index (κ1) is 20.1. The topological polar surface area (TPSA) is 55.4 Å². The number of ether oxygens (including phenoxy) is 1. The second-order valence-corrected chi connectivity index (χ2v) is 18.6. The fourth-order valence-corrected chi connectivity index (χ4v) is 4.92.